The number of benzene rings is 1. The van der Waals surface area contributed by atoms with E-state index in [9.17, 15) is 0 Å². The van der Waals surface area contributed by atoms with Gasteiger partial charge in [0.25, 0.3) is 0 Å². The fraction of sp³-hybridized carbons (Fsp3) is 0. The van der Waals surface area contributed by atoms with Gasteiger partial charge < -0.3 is 4.57 Å². The molecule has 0 N–H and O–H groups in total. The molecule has 0 atom stereocenters. The van der Waals surface area contributed by atoms with Crippen molar-refractivity contribution in [3.05, 3.63) is 79.5 Å². The predicted octanol–water partition coefficient (Wildman–Crippen LogP) is 4.09. The summed E-state index contributed by atoms with van der Waals surface area (Å²) in [6.07, 6.45) is 9.42. The van der Waals surface area contributed by atoms with E-state index in [1.807, 2.05) is 24.5 Å². The van der Waals surface area contributed by atoms with Crippen molar-refractivity contribution < 1.29 is 0 Å². The van der Waals surface area contributed by atoms with E-state index >= 15 is 0 Å². The van der Waals surface area contributed by atoms with E-state index in [1.54, 1.807) is 12.4 Å². The van der Waals surface area contributed by atoms with Gasteiger partial charge in [0.05, 0.1) is 17.4 Å². The maximum Gasteiger partial charge on any atom is 0.0639 e. The molecule has 21 heavy (non-hydrogen) atoms. The summed E-state index contributed by atoms with van der Waals surface area (Å²) in [5, 5.41) is 1.21. The van der Waals surface area contributed by atoms with Crippen LogP contribution >= 0.6 is 0 Å². The van der Waals surface area contributed by atoms with Gasteiger partial charge in [-0.3, -0.25) is 9.97 Å². The lowest BCUT2D eigenvalue weighted by atomic mass is 10.1. The van der Waals surface area contributed by atoms with Gasteiger partial charge in [0.2, 0.25) is 0 Å². The Bertz CT molecular complexity index is 880. The van der Waals surface area contributed by atoms with E-state index in [1.165, 1.54) is 16.5 Å². The second-order valence-corrected chi connectivity index (χ2v) is 4.91. The fourth-order valence-electron chi connectivity index (χ4n) is 2.56. The normalized spacial score (nSPS) is 10.9. The van der Waals surface area contributed by atoms with Crippen LogP contribution in [0.2, 0.25) is 0 Å². The molecule has 1 aromatic carbocycles. The highest BCUT2D eigenvalue weighted by Gasteiger charge is 2.05. The standard InChI is InChI=1S/C18H13N3/c1-3-16(12-19-8-1)15-6-5-14-7-10-21(18(14)11-15)17-4-2-9-20-13-17/h1-13H. The Labute approximate surface area is 122 Å². The van der Waals surface area contributed by atoms with Gasteiger partial charge in [-0.2, -0.15) is 0 Å². The number of hydrogen-bond donors (Lipinski definition) is 0. The molecule has 0 spiro atoms. The van der Waals surface area contributed by atoms with E-state index < -0.39 is 0 Å². The molecule has 0 amide bonds. The Morgan fingerprint density at radius 1 is 0.762 bits per heavy atom. The third-order valence-electron chi connectivity index (χ3n) is 3.61. The van der Waals surface area contributed by atoms with Crippen LogP contribution in [-0.4, -0.2) is 14.5 Å². The Morgan fingerprint density at radius 2 is 1.62 bits per heavy atom. The quantitative estimate of drug-likeness (QED) is 0.550. The molecule has 4 rings (SSSR count). The minimum atomic E-state index is 1.07. The molecule has 3 heteroatoms. The Kier molecular flexibility index (Phi) is 2.75. The molecule has 0 bridgehead atoms. The predicted molar refractivity (Wildman–Crippen MR) is 84.3 cm³/mol. The minimum Gasteiger partial charge on any atom is -0.315 e. The van der Waals surface area contributed by atoms with E-state index in [0.717, 1.165) is 11.3 Å². The van der Waals surface area contributed by atoms with Crippen molar-refractivity contribution in [2.45, 2.75) is 0 Å². The summed E-state index contributed by atoms with van der Waals surface area (Å²) in [5.74, 6) is 0. The summed E-state index contributed by atoms with van der Waals surface area (Å²) in [5.41, 5.74) is 4.53. The van der Waals surface area contributed by atoms with Crippen LogP contribution in [0.25, 0.3) is 27.7 Å². The van der Waals surface area contributed by atoms with Crippen LogP contribution in [0.1, 0.15) is 0 Å². The maximum absolute atomic E-state index is 4.20. The zero-order valence-electron chi connectivity index (χ0n) is 11.3. The number of pyridine rings is 2. The Balaban J connectivity index is 1.91. The molecule has 0 aliphatic rings. The highest BCUT2D eigenvalue weighted by molar-refractivity contribution is 5.86. The van der Waals surface area contributed by atoms with Gasteiger partial charge in [0.15, 0.2) is 0 Å². The molecule has 100 valence electrons. The summed E-state index contributed by atoms with van der Waals surface area (Å²) < 4.78 is 2.15. The minimum absolute atomic E-state index is 1.07. The Morgan fingerprint density at radius 3 is 2.38 bits per heavy atom. The molecule has 3 nitrogen and oxygen atoms in total. The van der Waals surface area contributed by atoms with E-state index in [-0.39, 0.29) is 0 Å². The first-order valence-corrected chi connectivity index (χ1v) is 6.84. The van der Waals surface area contributed by atoms with Gasteiger partial charge in [-0.15, -0.1) is 0 Å². The largest absolute Gasteiger partial charge is 0.315 e. The van der Waals surface area contributed by atoms with Gasteiger partial charge in [-0.25, -0.2) is 0 Å². The highest BCUT2D eigenvalue weighted by atomic mass is 15.0. The lowest BCUT2D eigenvalue weighted by Gasteiger charge is -2.06. The van der Waals surface area contributed by atoms with Gasteiger partial charge >= 0.3 is 0 Å². The van der Waals surface area contributed by atoms with Crippen molar-refractivity contribution in [2.75, 3.05) is 0 Å². The first-order valence-electron chi connectivity index (χ1n) is 6.84. The maximum atomic E-state index is 4.20. The molecule has 4 aromatic rings. The second-order valence-electron chi connectivity index (χ2n) is 4.91. The molecule has 0 aliphatic carbocycles. The third-order valence-corrected chi connectivity index (χ3v) is 3.61. The van der Waals surface area contributed by atoms with Gasteiger partial charge in [-0.1, -0.05) is 18.2 Å². The summed E-state index contributed by atoms with van der Waals surface area (Å²) in [4.78, 5) is 8.39. The molecule has 0 saturated carbocycles. The van der Waals surface area contributed by atoms with Gasteiger partial charge in [0.1, 0.15) is 0 Å². The summed E-state index contributed by atoms with van der Waals surface area (Å²) in [7, 11) is 0. The number of hydrogen-bond acceptors (Lipinski definition) is 2. The summed E-state index contributed by atoms with van der Waals surface area (Å²) in [6, 6.07) is 16.6. The van der Waals surface area contributed by atoms with Crippen LogP contribution in [0, 0.1) is 0 Å². The molecular weight excluding hydrogens is 258 g/mol. The van der Waals surface area contributed by atoms with Gasteiger partial charge in [-0.05, 0) is 41.3 Å². The number of rotatable bonds is 2. The SMILES string of the molecule is c1cncc(-c2ccc3ccn(-c4cccnc4)c3c2)c1. The van der Waals surface area contributed by atoms with Crippen LogP contribution < -0.4 is 0 Å². The first kappa shape index (κ1) is 11.9. The smallest absolute Gasteiger partial charge is 0.0639 e. The zero-order valence-corrected chi connectivity index (χ0v) is 11.3. The third kappa shape index (κ3) is 2.09. The second kappa shape index (κ2) is 4.87. The van der Waals surface area contributed by atoms with Crippen molar-refractivity contribution in [3.63, 3.8) is 0 Å². The van der Waals surface area contributed by atoms with Crippen LogP contribution in [0.4, 0.5) is 0 Å². The molecule has 0 radical (unpaired) electrons. The van der Waals surface area contributed by atoms with Crippen LogP contribution in [-0.2, 0) is 0 Å². The Hall–Kier alpha value is -2.94. The first-order chi connectivity index (χ1) is 10.4. The zero-order chi connectivity index (χ0) is 14.1. The summed E-state index contributed by atoms with van der Waals surface area (Å²) in [6.45, 7) is 0. The van der Waals surface area contributed by atoms with Crippen LogP contribution in [0.5, 0.6) is 0 Å². The molecule has 0 unspecified atom stereocenters. The van der Waals surface area contributed by atoms with E-state index in [4.69, 9.17) is 0 Å². The lowest BCUT2D eigenvalue weighted by Crippen LogP contribution is -1.92. The van der Waals surface area contributed by atoms with Crippen LogP contribution in [0.3, 0.4) is 0 Å². The number of fused-ring (bicyclic) bond motifs is 1. The lowest BCUT2D eigenvalue weighted by molar-refractivity contribution is 1.10. The van der Waals surface area contributed by atoms with Crippen molar-refractivity contribution in [1.29, 1.82) is 0 Å². The fourth-order valence-corrected chi connectivity index (χ4v) is 2.56. The number of aromatic nitrogens is 3. The van der Waals surface area contributed by atoms with Crippen LogP contribution in [0.15, 0.2) is 79.5 Å². The molecule has 0 fully saturated rings. The van der Waals surface area contributed by atoms with E-state index in [2.05, 4.69) is 57.1 Å². The van der Waals surface area contributed by atoms with Gasteiger partial charge in [0, 0.05) is 30.4 Å². The molecule has 0 aliphatic heterocycles. The average Bonchev–Trinajstić information content (AvgIpc) is 2.99. The van der Waals surface area contributed by atoms with Crippen molar-refractivity contribution in [2.24, 2.45) is 0 Å². The van der Waals surface area contributed by atoms with Crippen molar-refractivity contribution in [3.8, 4) is 16.8 Å². The van der Waals surface area contributed by atoms with Crippen molar-refractivity contribution in [1.82, 2.24) is 14.5 Å². The average molecular weight is 271 g/mol. The number of nitrogens with zero attached hydrogens (tertiary/aromatic N) is 3. The molecule has 3 heterocycles. The van der Waals surface area contributed by atoms with Crippen molar-refractivity contribution >= 4 is 10.9 Å². The molecular formula is C18H13N3. The molecule has 3 aromatic heterocycles. The topological polar surface area (TPSA) is 30.7 Å². The monoisotopic (exact) mass is 271 g/mol. The summed E-state index contributed by atoms with van der Waals surface area (Å²) >= 11 is 0. The van der Waals surface area contributed by atoms with E-state index in [0.29, 0.717) is 0 Å². The highest BCUT2D eigenvalue weighted by Crippen LogP contribution is 2.26. The molecule has 0 saturated heterocycles.